The van der Waals surface area contributed by atoms with E-state index in [4.69, 9.17) is 21.8 Å². The number of nitrogens with zero attached hydrogens (tertiary/aromatic N) is 1. The van der Waals surface area contributed by atoms with E-state index >= 15 is 0 Å². The maximum absolute atomic E-state index is 10.8. The zero-order valence-corrected chi connectivity index (χ0v) is 11.1. The van der Waals surface area contributed by atoms with E-state index in [-0.39, 0.29) is 12.3 Å². The number of hydrogen-bond acceptors (Lipinski definition) is 4. The van der Waals surface area contributed by atoms with Gasteiger partial charge in [0.05, 0.1) is 5.69 Å². The van der Waals surface area contributed by atoms with Crippen LogP contribution < -0.4 is 5.73 Å². The van der Waals surface area contributed by atoms with E-state index in [2.05, 4.69) is 4.99 Å². The number of rotatable bonds is 2. The van der Waals surface area contributed by atoms with Crippen molar-refractivity contribution in [2.75, 3.05) is 0 Å². The number of fused-ring (bicyclic) bond motifs is 1. The van der Waals surface area contributed by atoms with Crippen molar-refractivity contribution in [3.05, 3.63) is 52.4 Å². The summed E-state index contributed by atoms with van der Waals surface area (Å²) in [4.78, 5) is 4.19. The van der Waals surface area contributed by atoms with Gasteiger partial charge in [0.2, 0.25) is 0 Å². The quantitative estimate of drug-likeness (QED) is 0.886. The number of furan rings is 1. The summed E-state index contributed by atoms with van der Waals surface area (Å²) in [5.74, 6) is 1.61. The second kappa shape index (κ2) is 4.11. The zero-order valence-electron chi connectivity index (χ0n) is 10.4. The second-order valence-corrected chi connectivity index (χ2v) is 5.14. The number of benzene rings is 1. The molecule has 1 aromatic heterocycles. The van der Waals surface area contributed by atoms with Gasteiger partial charge in [-0.05, 0) is 37.3 Å². The predicted molar refractivity (Wildman–Crippen MR) is 73.8 cm³/mol. The van der Waals surface area contributed by atoms with Gasteiger partial charge in [-0.2, -0.15) is 0 Å². The van der Waals surface area contributed by atoms with E-state index in [9.17, 15) is 5.11 Å². The van der Waals surface area contributed by atoms with Crippen LogP contribution >= 0.6 is 11.6 Å². The number of amidine groups is 1. The van der Waals surface area contributed by atoms with E-state index in [0.717, 1.165) is 5.76 Å². The minimum absolute atomic E-state index is 0.166. The molecule has 0 amide bonds. The first-order valence-electron chi connectivity index (χ1n) is 5.91. The number of halogens is 1. The molecule has 98 valence electrons. The lowest BCUT2D eigenvalue weighted by molar-refractivity contribution is 0.107. The van der Waals surface area contributed by atoms with Crippen molar-refractivity contribution >= 4 is 23.1 Å². The number of nitrogens with two attached hydrogens (primary N) is 1. The zero-order chi connectivity index (χ0) is 13.6. The van der Waals surface area contributed by atoms with E-state index in [1.54, 1.807) is 18.2 Å². The van der Waals surface area contributed by atoms with E-state index in [0.29, 0.717) is 22.0 Å². The minimum atomic E-state index is -1.36. The first-order chi connectivity index (χ1) is 8.99. The maximum atomic E-state index is 10.8. The summed E-state index contributed by atoms with van der Waals surface area (Å²) >= 11 is 5.98. The molecule has 0 bridgehead atoms. The molecule has 0 aliphatic carbocycles. The first-order valence-corrected chi connectivity index (χ1v) is 6.29. The van der Waals surface area contributed by atoms with Crippen molar-refractivity contribution in [1.29, 1.82) is 0 Å². The third-order valence-electron chi connectivity index (χ3n) is 3.29. The lowest BCUT2D eigenvalue weighted by Crippen LogP contribution is -2.40. The van der Waals surface area contributed by atoms with Crippen LogP contribution in [0.4, 0.5) is 5.69 Å². The van der Waals surface area contributed by atoms with Crippen LogP contribution in [0.2, 0.25) is 5.02 Å². The molecule has 1 aromatic carbocycles. The average molecular weight is 277 g/mol. The van der Waals surface area contributed by atoms with Crippen LogP contribution in [0.25, 0.3) is 0 Å². The van der Waals surface area contributed by atoms with Crippen molar-refractivity contribution in [1.82, 2.24) is 0 Å². The van der Waals surface area contributed by atoms with Crippen LogP contribution in [0, 0.1) is 6.92 Å². The molecule has 0 spiro atoms. The molecule has 1 aliphatic heterocycles. The third kappa shape index (κ3) is 1.93. The summed E-state index contributed by atoms with van der Waals surface area (Å²) < 4.78 is 5.50. The monoisotopic (exact) mass is 276 g/mol. The van der Waals surface area contributed by atoms with Gasteiger partial charge >= 0.3 is 0 Å². The number of hydrogen-bond donors (Lipinski definition) is 2. The van der Waals surface area contributed by atoms with Crippen molar-refractivity contribution in [2.45, 2.75) is 18.9 Å². The highest BCUT2D eigenvalue weighted by atomic mass is 35.5. The van der Waals surface area contributed by atoms with E-state index < -0.39 is 5.60 Å². The predicted octanol–water partition coefficient (Wildman–Crippen LogP) is 2.67. The van der Waals surface area contributed by atoms with Gasteiger partial charge in [0, 0.05) is 17.0 Å². The molecule has 4 nitrogen and oxygen atoms in total. The van der Waals surface area contributed by atoms with Crippen molar-refractivity contribution < 1.29 is 9.52 Å². The Labute approximate surface area is 115 Å². The molecule has 0 saturated heterocycles. The Balaban J connectivity index is 2.04. The highest BCUT2D eigenvalue weighted by Gasteiger charge is 2.41. The fourth-order valence-corrected chi connectivity index (χ4v) is 2.49. The lowest BCUT2D eigenvalue weighted by Gasteiger charge is -2.23. The normalized spacial score (nSPS) is 21.3. The molecule has 19 heavy (non-hydrogen) atoms. The molecule has 5 heteroatoms. The van der Waals surface area contributed by atoms with Crippen LogP contribution in [-0.2, 0) is 12.0 Å². The largest absolute Gasteiger partial charge is 0.466 e. The smallest absolute Gasteiger partial charge is 0.156 e. The molecule has 3 rings (SSSR count). The van der Waals surface area contributed by atoms with Crippen LogP contribution in [0.1, 0.15) is 17.1 Å². The Morgan fingerprint density at radius 3 is 2.84 bits per heavy atom. The molecule has 0 fully saturated rings. The summed E-state index contributed by atoms with van der Waals surface area (Å²) in [6, 6.07) is 8.83. The molecule has 1 unspecified atom stereocenters. The molecular formula is C14H13ClN2O2. The number of aryl methyl sites for hydroxylation is 1. The van der Waals surface area contributed by atoms with Gasteiger partial charge < -0.3 is 15.3 Å². The standard InChI is InChI=1S/C14H13ClN2O2/c1-8-2-4-10(19-8)7-14(18)11-6-9(15)3-5-12(11)17-13(14)16/h2-6,18H,7H2,1H3,(H2,16,17). The minimum Gasteiger partial charge on any atom is -0.466 e. The number of aliphatic hydroxyl groups is 1. The van der Waals surface area contributed by atoms with Crippen LogP contribution in [0.15, 0.2) is 39.7 Å². The Morgan fingerprint density at radius 2 is 2.16 bits per heavy atom. The van der Waals surface area contributed by atoms with Crippen molar-refractivity contribution in [3.8, 4) is 0 Å². The lowest BCUT2D eigenvalue weighted by atomic mass is 9.89. The summed E-state index contributed by atoms with van der Waals surface area (Å²) in [6.45, 7) is 1.85. The molecule has 0 radical (unpaired) electrons. The summed E-state index contributed by atoms with van der Waals surface area (Å²) in [7, 11) is 0. The van der Waals surface area contributed by atoms with Gasteiger partial charge in [-0.3, -0.25) is 0 Å². The van der Waals surface area contributed by atoms with Gasteiger partial charge in [-0.15, -0.1) is 0 Å². The van der Waals surface area contributed by atoms with Crippen LogP contribution in [0.5, 0.6) is 0 Å². The molecule has 1 atom stereocenters. The van der Waals surface area contributed by atoms with Crippen molar-refractivity contribution in [3.63, 3.8) is 0 Å². The SMILES string of the molecule is Cc1ccc(CC2(O)C(N)=Nc3ccc(Cl)cc32)o1. The second-order valence-electron chi connectivity index (χ2n) is 4.71. The number of aliphatic imine (C=N–C) groups is 1. The summed E-state index contributed by atoms with van der Waals surface area (Å²) in [5.41, 5.74) is 5.79. The van der Waals surface area contributed by atoms with Gasteiger partial charge in [0.1, 0.15) is 17.4 Å². The maximum Gasteiger partial charge on any atom is 0.156 e. The highest BCUT2D eigenvalue weighted by Crippen LogP contribution is 2.40. The summed E-state index contributed by atoms with van der Waals surface area (Å²) in [5, 5.41) is 11.4. The van der Waals surface area contributed by atoms with Gasteiger partial charge in [-0.1, -0.05) is 11.6 Å². The Kier molecular flexibility index (Phi) is 2.66. The first kappa shape index (κ1) is 12.3. The Bertz CT molecular complexity index is 678. The van der Waals surface area contributed by atoms with Crippen molar-refractivity contribution in [2.24, 2.45) is 10.7 Å². The van der Waals surface area contributed by atoms with Crippen LogP contribution in [-0.4, -0.2) is 10.9 Å². The van der Waals surface area contributed by atoms with Gasteiger partial charge in [0.25, 0.3) is 0 Å². The average Bonchev–Trinajstić information content (AvgIpc) is 2.85. The van der Waals surface area contributed by atoms with E-state index in [1.165, 1.54) is 0 Å². The van der Waals surface area contributed by atoms with Gasteiger partial charge in [0.15, 0.2) is 5.60 Å². The van der Waals surface area contributed by atoms with Crippen LogP contribution in [0.3, 0.4) is 0 Å². The molecular weight excluding hydrogens is 264 g/mol. The Hall–Kier alpha value is -1.78. The molecule has 2 aromatic rings. The fraction of sp³-hybridized carbons (Fsp3) is 0.214. The molecule has 1 aliphatic rings. The topological polar surface area (TPSA) is 71.8 Å². The fourth-order valence-electron chi connectivity index (χ4n) is 2.32. The van der Waals surface area contributed by atoms with E-state index in [1.807, 2.05) is 19.1 Å². The molecule has 2 heterocycles. The summed E-state index contributed by atoms with van der Waals surface area (Å²) in [6.07, 6.45) is 0.240. The Morgan fingerprint density at radius 1 is 1.37 bits per heavy atom. The third-order valence-corrected chi connectivity index (χ3v) is 3.53. The molecule has 3 N–H and O–H groups in total. The van der Waals surface area contributed by atoms with Gasteiger partial charge in [-0.25, -0.2) is 4.99 Å². The highest BCUT2D eigenvalue weighted by molar-refractivity contribution is 6.30. The molecule has 0 saturated carbocycles.